The zero-order valence-corrected chi connectivity index (χ0v) is 16.9. The highest BCUT2D eigenvalue weighted by atomic mass is 19.1. The Labute approximate surface area is 175 Å². The molecule has 0 aliphatic heterocycles. The van der Waals surface area contributed by atoms with Gasteiger partial charge in [0, 0.05) is 25.4 Å². The Balaban J connectivity index is 1.61. The van der Waals surface area contributed by atoms with Crippen molar-refractivity contribution >= 4 is 18.0 Å². The maximum atomic E-state index is 14.4. The molecule has 0 atom stereocenters. The molecule has 1 amide bonds. The van der Waals surface area contributed by atoms with Crippen LogP contribution in [0.5, 0.6) is 11.5 Å². The molecular weight excluding hydrogens is 387 g/mol. The average molecular weight is 412 g/mol. The van der Waals surface area contributed by atoms with E-state index in [1.165, 1.54) is 24.4 Å². The van der Waals surface area contributed by atoms with Gasteiger partial charge < -0.3 is 14.4 Å². The summed E-state index contributed by atoms with van der Waals surface area (Å²) in [7, 11) is 0. The van der Waals surface area contributed by atoms with E-state index in [9.17, 15) is 14.0 Å². The third kappa shape index (κ3) is 6.69. The lowest BCUT2D eigenvalue weighted by atomic mass is 10.2. The first-order chi connectivity index (χ1) is 14.5. The van der Waals surface area contributed by atoms with Gasteiger partial charge in [0.25, 0.3) is 0 Å². The van der Waals surface area contributed by atoms with E-state index in [0.29, 0.717) is 36.9 Å². The molecule has 0 saturated heterocycles. The Morgan fingerprint density at radius 2 is 2.13 bits per heavy atom. The van der Waals surface area contributed by atoms with E-state index in [0.717, 1.165) is 12.8 Å². The maximum Gasteiger partial charge on any atom is 0.307 e. The lowest BCUT2D eigenvalue weighted by Crippen LogP contribution is -2.33. The van der Waals surface area contributed by atoms with Crippen LogP contribution in [0, 0.1) is 11.7 Å². The molecule has 6 nitrogen and oxygen atoms in total. The minimum atomic E-state index is -0.536. The van der Waals surface area contributed by atoms with Gasteiger partial charge in [-0.1, -0.05) is 6.07 Å². The Morgan fingerprint density at radius 1 is 1.30 bits per heavy atom. The van der Waals surface area contributed by atoms with Crippen molar-refractivity contribution in [3.05, 3.63) is 60.2 Å². The minimum Gasteiger partial charge on any atom is -0.466 e. The molecule has 30 heavy (non-hydrogen) atoms. The van der Waals surface area contributed by atoms with Gasteiger partial charge in [-0.2, -0.15) is 0 Å². The Hall–Kier alpha value is -3.22. The number of pyridine rings is 1. The number of benzene rings is 1. The molecular formula is C23H25FN2O4. The van der Waals surface area contributed by atoms with Crippen LogP contribution in [-0.4, -0.2) is 41.5 Å². The first kappa shape index (κ1) is 21.5. The summed E-state index contributed by atoms with van der Waals surface area (Å²) in [5.41, 5.74) is 0.538. The smallest absolute Gasteiger partial charge is 0.307 e. The van der Waals surface area contributed by atoms with Crippen molar-refractivity contribution in [2.24, 2.45) is 5.92 Å². The van der Waals surface area contributed by atoms with Gasteiger partial charge in [-0.05, 0) is 61.6 Å². The summed E-state index contributed by atoms with van der Waals surface area (Å²) in [6.07, 6.45) is 8.42. The van der Waals surface area contributed by atoms with E-state index in [1.54, 1.807) is 42.3 Å². The number of hydrogen-bond acceptors (Lipinski definition) is 5. The van der Waals surface area contributed by atoms with Crippen LogP contribution >= 0.6 is 0 Å². The molecule has 3 rings (SSSR count). The molecule has 1 fully saturated rings. The van der Waals surface area contributed by atoms with Crippen LogP contribution in [0.3, 0.4) is 0 Å². The predicted molar refractivity (Wildman–Crippen MR) is 110 cm³/mol. The summed E-state index contributed by atoms with van der Waals surface area (Å²) >= 11 is 0. The van der Waals surface area contributed by atoms with E-state index in [-0.39, 0.29) is 24.0 Å². The molecule has 0 spiro atoms. The zero-order chi connectivity index (χ0) is 21.3. The molecule has 7 heteroatoms. The van der Waals surface area contributed by atoms with E-state index in [1.807, 2.05) is 0 Å². The van der Waals surface area contributed by atoms with Gasteiger partial charge in [-0.25, -0.2) is 4.39 Å². The van der Waals surface area contributed by atoms with Crippen LogP contribution in [0.1, 0.15) is 31.7 Å². The number of ether oxygens (including phenoxy) is 2. The average Bonchev–Trinajstić information content (AvgIpc) is 3.56. The number of rotatable bonds is 10. The standard InChI is InChI=1S/C23H25FN2O4/c1-2-29-23(28)11-13-26(16-18-5-6-18)22(27)10-8-17-7-9-21(20(24)14-17)30-19-4-3-12-25-15-19/h3-4,7-10,12,14-15,18H,2,5-6,11,13,16H2,1H3/b10-8+. The molecule has 1 saturated carbocycles. The predicted octanol–water partition coefficient (Wildman–Crippen LogP) is 4.22. The summed E-state index contributed by atoms with van der Waals surface area (Å²) in [6, 6.07) is 7.87. The normalized spacial score (nSPS) is 13.3. The van der Waals surface area contributed by atoms with Crippen molar-refractivity contribution in [2.75, 3.05) is 19.7 Å². The Morgan fingerprint density at radius 3 is 2.80 bits per heavy atom. The quantitative estimate of drug-likeness (QED) is 0.432. The molecule has 1 aliphatic rings. The minimum absolute atomic E-state index is 0.0799. The summed E-state index contributed by atoms with van der Waals surface area (Å²) in [6.45, 7) is 3.00. The number of amides is 1. The first-order valence-electron chi connectivity index (χ1n) is 10.0. The number of halogens is 1. The van der Waals surface area contributed by atoms with Crippen LogP contribution in [0.15, 0.2) is 48.8 Å². The maximum absolute atomic E-state index is 14.4. The van der Waals surface area contributed by atoms with Crippen molar-refractivity contribution in [3.8, 4) is 11.5 Å². The molecule has 158 valence electrons. The van der Waals surface area contributed by atoms with Crippen LogP contribution < -0.4 is 4.74 Å². The van der Waals surface area contributed by atoms with Crippen molar-refractivity contribution < 1.29 is 23.5 Å². The van der Waals surface area contributed by atoms with E-state index in [4.69, 9.17) is 9.47 Å². The second-order valence-electron chi connectivity index (χ2n) is 7.10. The second kappa shape index (κ2) is 10.5. The van der Waals surface area contributed by atoms with Gasteiger partial charge in [0.05, 0.1) is 19.2 Å². The fourth-order valence-electron chi connectivity index (χ4n) is 2.87. The lowest BCUT2D eigenvalue weighted by Gasteiger charge is -2.20. The van der Waals surface area contributed by atoms with Gasteiger partial charge in [-0.3, -0.25) is 14.6 Å². The largest absolute Gasteiger partial charge is 0.466 e. The highest BCUT2D eigenvalue weighted by Crippen LogP contribution is 2.30. The van der Waals surface area contributed by atoms with Gasteiger partial charge in [-0.15, -0.1) is 0 Å². The SMILES string of the molecule is CCOC(=O)CCN(CC1CC1)C(=O)/C=C/c1ccc(Oc2cccnc2)c(F)c1. The van der Waals surface area contributed by atoms with E-state index >= 15 is 0 Å². The van der Waals surface area contributed by atoms with Crippen LogP contribution in [0.2, 0.25) is 0 Å². The monoisotopic (exact) mass is 412 g/mol. The molecule has 1 aliphatic carbocycles. The molecule has 2 aromatic rings. The third-order valence-corrected chi connectivity index (χ3v) is 4.61. The zero-order valence-electron chi connectivity index (χ0n) is 16.9. The van der Waals surface area contributed by atoms with Gasteiger partial charge in [0.15, 0.2) is 11.6 Å². The number of carbonyl (C=O) groups is 2. The van der Waals surface area contributed by atoms with Crippen LogP contribution in [-0.2, 0) is 14.3 Å². The number of nitrogens with zero attached hydrogens (tertiary/aromatic N) is 2. The molecule has 0 unspecified atom stereocenters. The second-order valence-corrected chi connectivity index (χ2v) is 7.10. The Kier molecular flexibility index (Phi) is 7.54. The van der Waals surface area contributed by atoms with Crippen molar-refractivity contribution in [2.45, 2.75) is 26.2 Å². The molecule has 0 bridgehead atoms. The number of aromatic nitrogens is 1. The molecule has 0 radical (unpaired) electrons. The van der Waals surface area contributed by atoms with Crippen LogP contribution in [0.25, 0.3) is 6.08 Å². The van der Waals surface area contributed by atoms with Gasteiger partial charge in [0.1, 0.15) is 5.75 Å². The van der Waals surface area contributed by atoms with Crippen molar-refractivity contribution in [3.63, 3.8) is 0 Å². The van der Waals surface area contributed by atoms with Crippen molar-refractivity contribution in [1.29, 1.82) is 0 Å². The highest BCUT2D eigenvalue weighted by molar-refractivity contribution is 5.92. The van der Waals surface area contributed by atoms with Crippen molar-refractivity contribution in [1.82, 2.24) is 9.88 Å². The van der Waals surface area contributed by atoms with Gasteiger partial charge in [0.2, 0.25) is 5.91 Å². The highest BCUT2D eigenvalue weighted by Gasteiger charge is 2.26. The fourth-order valence-corrected chi connectivity index (χ4v) is 2.87. The fraction of sp³-hybridized carbons (Fsp3) is 0.348. The summed E-state index contributed by atoms with van der Waals surface area (Å²) in [4.78, 5) is 29.8. The third-order valence-electron chi connectivity index (χ3n) is 4.61. The van der Waals surface area contributed by atoms with Gasteiger partial charge >= 0.3 is 5.97 Å². The van der Waals surface area contributed by atoms with Crippen LogP contribution in [0.4, 0.5) is 4.39 Å². The Bertz CT molecular complexity index is 897. The summed E-state index contributed by atoms with van der Waals surface area (Å²) in [5.74, 6) is -0.0522. The topological polar surface area (TPSA) is 68.7 Å². The summed E-state index contributed by atoms with van der Waals surface area (Å²) in [5, 5.41) is 0. The number of esters is 1. The molecule has 1 aromatic heterocycles. The lowest BCUT2D eigenvalue weighted by molar-refractivity contribution is -0.143. The molecule has 0 N–H and O–H groups in total. The van der Waals surface area contributed by atoms with E-state index in [2.05, 4.69) is 4.98 Å². The molecule has 1 aromatic carbocycles. The molecule has 1 heterocycles. The van der Waals surface area contributed by atoms with E-state index < -0.39 is 5.82 Å². The summed E-state index contributed by atoms with van der Waals surface area (Å²) < 4.78 is 24.8. The number of carbonyl (C=O) groups excluding carboxylic acids is 2. The number of hydrogen-bond donors (Lipinski definition) is 0. The first-order valence-corrected chi connectivity index (χ1v) is 10.0.